The minimum atomic E-state index is -1.04. The van der Waals surface area contributed by atoms with E-state index in [0.29, 0.717) is 21.8 Å². The van der Waals surface area contributed by atoms with E-state index >= 15 is 0 Å². The number of esters is 1. The number of rotatable bonds is 4. The number of halogens is 1. The number of nitrogens with one attached hydrogen (secondary N) is 1. The minimum Gasteiger partial charge on any atom is -0.449 e. The highest BCUT2D eigenvalue weighted by Gasteiger charge is 2.22. The zero-order valence-corrected chi connectivity index (χ0v) is 13.6. The lowest BCUT2D eigenvalue weighted by atomic mass is 10.2. The molecule has 0 radical (unpaired) electrons. The lowest BCUT2D eigenvalue weighted by molar-refractivity contribution is -0.123. The molecule has 0 aliphatic rings. The molecule has 0 saturated carbocycles. The van der Waals surface area contributed by atoms with Gasteiger partial charge in [-0.05, 0) is 38.1 Å². The standard InChI is InChI=1S/C16H13ClN2O5/c1-8-5-14(19-24-8)18-15(20)9(2)22-16(21)13-7-10-6-11(17)3-4-12(10)23-13/h3-7,9H,1-2H3,(H,18,19,20)/t9-/m0/s1. The van der Waals surface area contributed by atoms with E-state index < -0.39 is 18.0 Å². The van der Waals surface area contributed by atoms with Crippen molar-refractivity contribution >= 4 is 40.3 Å². The number of nitrogens with zero attached hydrogens (tertiary/aromatic N) is 1. The van der Waals surface area contributed by atoms with Crippen LogP contribution in [-0.4, -0.2) is 23.1 Å². The maximum absolute atomic E-state index is 12.1. The predicted molar refractivity (Wildman–Crippen MR) is 86.0 cm³/mol. The Morgan fingerprint density at radius 1 is 1.29 bits per heavy atom. The van der Waals surface area contributed by atoms with Crippen LogP contribution < -0.4 is 5.32 Å². The summed E-state index contributed by atoms with van der Waals surface area (Å²) in [7, 11) is 0. The number of aromatic nitrogens is 1. The number of aryl methyl sites for hydroxylation is 1. The topological polar surface area (TPSA) is 94.6 Å². The number of amides is 1. The Kier molecular flexibility index (Phi) is 4.26. The van der Waals surface area contributed by atoms with Crippen molar-refractivity contribution in [3.63, 3.8) is 0 Å². The van der Waals surface area contributed by atoms with Crippen LogP contribution in [0.4, 0.5) is 5.82 Å². The van der Waals surface area contributed by atoms with Gasteiger partial charge in [0.25, 0.3) is 5.91 Å². The van der Waals surface area contributed by atoms with E-state index in [4.69, 9.17) is 25.3 Å². The third-order valence-corrected chi connectivity index (χ3v) is 3.45. The van der Waals surface area contributed by atoms with E-state index in [1.807, 2.05) is 0 Å². The van der Waals surface area contributed by atoms with Gasteiger partial charge in [-0.15, -0.1) is 0 Å². The van der Waals surface area contributed by atoms with Gasteiger partial charge in [0.2, 0.25) is 5.76 Å². The first-order chi connectivity index (χ1) is 11.4. The van der Waals surface area contributed by atoms with Crippen LogP contribution in [0.1, 0.15) is 23.2 Å². The van der Waals surface area contributed by atoms with Crippen LogP contribution in [0.15, 0.2) is 39.3 Å². The molecule has 0 unspecified atom stereocenters. The number of carbonyl (C=O) groups excluding carboxylic acids is 2. The summed E-state index contributed by atoms with van der Waals surface area (Å²) in [6, 6.07) is 8.03. The summed E-state index contributed by atoms with van der Waals surface area (Å²) in [6.07, 6.45) is -1.04. The molecule has 8 heteroatoms. The lowest BCUT2D eigenvalue weighted by Crippen LogP contribution is -2.30. The third-order valence-electron chi connectivity index (χ3n) is 3.21. The van der Waals surface area contributed by atoms with Crippen LogP contribution in [0.5, 0.6) is 0 Å². The number of furan rings is 1. The monoisotopic (exact) mass is 348 g/mol. The molecule has 1 N–H and O–H groups in total. The normalized spacial score (nSPS) is 12.1. The maximum atomic E-state index is 12.1. The number of hydrogen-bond acceptors (Lipinski definition) is 6. The first-order valence-corrected chi connectivity index (χ1v) is 7.44. The molecule has 3 aromatic rings. The van der Waals surface area contributed by atoms with Crippen LogP contribution >= 0.6 is 11.6 Å². The summed E-state index contributed by atoms with van der Waals surface area (Å²) in [5.41, 5.74) is 0.501. The van der Waals surface area contributed by atoms with Crippen molar-refractivity contribution in [3.8, 4) is 0 Å². The van der Waals surface area contributed by atoms with Crippen LogP contribution in [0.3, 0.4) is 0 Å². The van der Waals surface area contributed by atoms with E-state index in [2.05, 4.69) is 10.5 Å². The average Bonchev–Trinajstić information content (AvgIpc) is 3.12. The zero-order valence-electron chi connectivity index (χ0n) is 12.8. The third kappa shape index (κ3) is 3.41. The van der Waals surface area contributed by atoms with Crippen molar-refractivity contribution in [1.29, 1.82) is 0 Å². The molecule has 3 rings (SSSR count). The van der Waals surface area contributed by atoms with Gasteiger partial charge >= 0.3 is 5.97 Å². The Balaban J connectivity index is 1.67. The van der Waals surface area contributed by atoms with Crippen LogP contribution in [0.2, 0.25) is 5.02 Å². The maximum Gasteiger partial charge on any atom is 0.375 e. The van der Waals surface area contributed by atoms with Gasteiger partial charge in [0.1, 0.15) is 11.3 Å². The molecule has 1 aromatic carbocycles. The van der Waals surface area contributed by atoms with Gasteiger partial charge in [-0.3, -0.25) is 4.79 Å². The molecule has 0 aliphatic carbocycles. The van der Waals surface area contributed by atoms with Crippen molar-refractivity contribution in [1.82, 2.24) is 5.16 Å². The molecular weight excluding hydrogens is 336 g/mol. The SMILES string of the molecule is Cc1cc(NC(=O)[C@H](C)OC(=O)c2cc3cc(Cl)ccc3o2)no1. The number of ether oxygens (including phenoxy) is 1. The van der Waals surface area contributed by atoms with E-state index in [1.54, 1.807) is 31.2 Å². The van der Waals surface area contributed by atoms with Crippen molar-refractivity contribution < 1.29 is 23.3 Å². The quantitative estimate of drug-likeness (QED) is 0.724. The Labute approximate surface area is 141 Å². The second-order valence-electron chi connectivity index (χ2n) is 5.15. The number of hydrogen-bond donors (Lipinski definition) is 1. The Morgan fingerprint density at radius 2 is 2.08 bits per heavy atom. The Bertz CT molecular complexity index is 914. The number of carbonyl (C=O) groups is 2. The van der Waals surface area contributed by atoms with E-state index in [1.165, 1.54) is 13.0 Å². The fraction of sp³-hybridized carbons (Fsp3) is 0.188. The van der Waals surface area contributed by atoms with Crippen molar-refractivity contribution in [3.05, 3.63) is 46.9 Å². The molecule has 0 fully saturated rings. The molecule has 0 bridgehead atoms. The second-order valence-corrected chi connectivity index (χ2v) is 5.59. The van der Waals surface area contributed by atoms with E-state index in [-0.39, 0.29) is 11.6 Å². The largest absolute Gasteiger partial charge is 0.449 e. The second kappa shape index (κ2) is 6.37. The summed E-state index contributed by atoms with van der Waals surface area (Å²) >= 11 is 5.89. The zero-order chi connectivity index (χ0) is 17.3. The van der Waals surface area contributed by atoms with Crippen molar-refractivity contribution in [2.45, 2.75) is 20.0 Å². The van der Waals surface area contributed by atoms with E-state index in [9.17, 15) is 9.59 Å². The molecule has 2 aromatic heterocycles. The molecule has 0 aliphatic heterocycles. The smallest absolute Gasteiger partial charge is 0.375 e. The fourth-order valence-electron chi connectivity index (χ4n) is 2.04. The van der Waals surface area contributed by atoms with Gasteiger partial charge in [-0.25, -0.2) is 4.79 Å². The summed E-state index contributed by atoms with van der Waals surface area (Å²) < 4.78 is 15.3. The molecule has 0 saturated heterocycles. The van der Waals surface area contributed by atoms with E-state index in [0.717, 1.165) is 0 Å². The highest BCUT2D eigenvalue weighted by Crippen LogP contribution is 2.23. The Morgan fingerprint density at radius 3 is 2.79 bits per heavy atom. The molecule has 1 atom stereocenters. The first-order valence-electron chi connectivity index (χ1n) is 7.06. The van der Waals surface area contributed by atoms with Crippen LogP contribution in [0.25, 0.3) is 11.0 Å². The highest BCUT2D eigenvalue weighted by molar-refractivity contribution is 6.31. The van der Waals surface area contributed by atoms with Gasteiger partial charge in [0.15, 0.2) is 11.9 Å². The van der Waals surface area contributed by atoms with Crippen LogP contribution in [-0.2, 0) is 9.53 Å². The molecule has 1 amide bonds. The first kappa shape index (κ1) is 16.1. The van der Waals surface area contributed by atoms with Gasteiger partial charge in [-0.2, -0.15) is 0 Å². The number of anilines is 1. The molecule has 7 nitrogen and oxygen atoms in total. The Hall–Kier alpha value is -2.80. The van der Waals surface area contributed by atoms with Crippen molar-refractivity contribution in [2.24, 2.45) is 0 Å². The summed E-state index contributed by atoms with van der Waals surface area (Å²) in [4.78, 5) is 24.1. The van der Waals surface area contributed by atoms with Gasteiger partial charge in [0, 0.05) is 16.5 Å². The van der Waals surface area contributed by atoms with Gasteiger partial charge in [-0.1, -0.05) is 16.8 Å². The molecule has 124 valence electrons. The predicted octanol–water partition coefficient (Wildman–Crippen LogP) is 3.57. The molecule has 2 heterocycles. The molecule has 0 spiro atoms. The summed E-state index contributed by atoms with van der Waals surface area (Å²) in [6.45, 7) is 3.14. The van der Waals surface area contributed by atoms with Crippen molar-refractivity contribution in [2.75, 3.05) is 5.32 Å². The minimum absolute atomic E-state index is 0.0100. The van der Waals surface area contributed by atoms with Gasteiger partial charge in [0.05, 0.1) is 0 Å². The fourth-order valence-corrected chi connectivity index (χ4v) is 2.22. The number of fused-ring (bicyclic) bond motifs is 1. The highest BCUT2D eigenvalue weighted by atomic mass is 35.5. The number of benzene rings is 1. The van der Waals surface area contributed by atoms with Gasteiger partial charge < -0.3 is 19.0 Å². The summed E-state index contributed by atoms with van der Waals surface area (Å²) in [5, 5.41) is 7.32. The lowest BCUT2D eigenvalue weighted by Gasteiger charge is -2.10. The average molecular weight is 349 g/mol. The van der Waals surface area contributed by atoms with Crippen LogP contribution in [0, 0.1) is 6.92 Å². The molecular formula is C16H13ClN2O5. The summed E-state index contributed by atoms with van der Waals surface area (Å²) in [5.74, 6) is -0.490. The molecule has 24 heavy (non-hydrogen) atoms.